The molecule has 0 saturated carbocycles. The summed E-state index contributed by atoms with van der Waals surface area (Å²) >= 11 is 6.34. The van der Waals surface area contributed by atoms with Crippen molar-refractivity contribution in [2.75, 3.05) is 0 Å². The van der Waals surface area contributed by atoms with Crippen LogP contribution in [0.4, 0.5) is 0 Å². The van der Waals surface area contributed by atoms with E-state index in [1.54, 1.807) is 12.4 Å². The standard InChI is InChI=1S/C16H18ClN3O2/c1-4-9-5-12(15-14(9)21-16(2,3)22-15)20-8-19-11-7-18-6-10(17)13(11)20/h5-8,12,14-15H,4H2,1-3H3/t12-,14-,15+/m1/s1. The van der Waals surface area contributed by atoms with E-state index in [0.717, 1.165) is 17.5 Å². The van der Waals surface area contributed by atoms with Crippen molar-refractivity contribution in [2.45, 2.75) is 51.2 Å². The van der Waals surface area contributed by atoms with Crippen molar-refractivity contribution in [3.63, 3.8) is 0 Å². The van der Waals surface area contributed by atoms with Gasteiger partial charge < -0.3 is 14.0 Å². The van der Waals surface area contributed by atoms with Crippen LogP contribution < -0.4 is 0 Å². The number of hydrogen-bond acceptors (Lipinski definition) is 4. The maximum Gasteiger partial charge on any atom is 0.164 e. The summed E-state index contributed by atoms with van der Waals surface area (Å²) in [6, 6.07) is 0.0339. The molecule has 0 unspecified atom stereocenters. The fourth-order valence-electron chi connectivity index (χ4n) is 3.47. The van der Waals surface area contributed by atoms with Gasteiger partial charge in [-0.05, 0) is 25.8 Å². The van der Waals surface area contributed by atoms with Gasteiger partial charge in [0.2, 0.25) is 0 Å². The van der Waals surface area contributed by atoms with Crippen LogP contribution in [0.15, 0.2) is 30.4 Å². The van der Waals surface area contributed by atoms with Gasteiger partial charge in [0.05, 0.1) is 29.1 Å². The molecule has 2 aliphatic rings. The Morgan fingerprint density at radius 2 is 2.14 bits per heavy atom. The lowest BCUT2D eigenvalue weighted by atomic mass is 10.1. The quantitative estimate of drug-likeness (QED) is 0.795. The zero-order valence-electron chi connectivity index (χ0n) is 12.8. The molecule has 22 heavy (non-hydrogen) atoms. The Morgan fingerprint density at radius 3 is 2.91 bits per heavy atom. The summed E-state index contributed by atoms with van der Waals surface area (Å²) in [6.07, 6.45) is 8.31. The molecule has 116 valence electrons. The van der Waals surface area contributed by atoms with Crippen molar-refractivity contribution in [1.82, 2.24) is 14.5 Å². The summed E-state index contributed by atoms with van der Waals surface area (Å²) in [4.78, 5) is 8.51. The second-order valence-electron chi connectivity index (χ2n) is 6.25. The van der Waals surface area contributed by atoms with Crippen molar-refractivity contribution >= 4 is 22.6 Å². The fourth-order valence-corrected chi connectivity index (χ4v) is 3.72. The highest BCUT2D eigenvalue weighted by molar-refractivity contribution is 6.34. The Labute approximate surface area is 133 Å². The van der Waals surface area contributed by atoms with Gasteiger partial charge >= 0.3 is 0 Å². The highest BCUT2D eigenvalue weighted by Gasteiger charge is 2.50. The first-order valence-electron chi connectivity index (χ1n) is 7.52. The Morgan fingerprint density at radius 1 is 1.32 bits per heavy atom. The zero-order valence-corrected chi connectivity index (χ0v) is 13.5. The van der Waals surface area contributed by atoms with Gasteiger partial charge in [-0.2, -0.15) is 0 Å². The van der Waals surface area contributed by atoms with E-state index in [1.165, 1.54) is 5.57 Å². The lowest BCUT2D eigenvalue weighted by Crippen LogP contribution is -2.27. The molecule has 2 aromatic heterocycles. The van der Waals surface area contributed by atoms with Gasteiger partial charge in [-0.25, -0.2) is 4.98 Å². The third-order valence-corrected chi connectivity index (χ3v) is 4.65. The van der Waals surface area contributed by atoms with Crippen LogP contribution >= 0.6 is 11.6 Å². The van der Waals surface area contributed by atoms with Crippen LogP contribution in [0.1, 0.15) is 33.2 Å². The molecule has 0 aromatic carbocycles. The van der Waals surface area contributed by atoms with Crippen molar-refractivity contribution in [1.29, 1.82) is 0 Å². The minimum Gasteiger partial charge on any atom is -0.342 e. The van der Waals surface area contributed by atoms with E-state index in [4.69, 9.17) is 21.1 Å². The molecule has 0 amide bonds. The number of halogens is 1. The summed E-state index contributed by atoms with van der Waals surface area (Å²) in [6.45, 7) is 6.06. The molecule has 0 N–H and O–H groups in total. The number of imidazole rings is 1. The zero-order chi connectivity index (χ0) is 15.5. The number of rotatable bonds is 2. The average Bonchev–Trinajstić information content (AvgIpc) is 3.10. The third-order valence-electron chi connectivity index (χ3n) is 4.38. The summed E-state index contributed by atoms with van der Waals surface area (Å²) < 4.78 is 14.3. The fraction of sp³-hybridized carbons (Fsp3) is 0.500. The number of nitrogens with zero attached hydrogens (tertiary/aromatic N) is 3. The van der Waals surface area contributed by atoms with Crippen molar-refractivity contribution in [3.05, 3.63) is 35.4 Å². The molecular formula is C16H18ClN3O2. The van der Waals surface area contributed by atoms with Gasteiger partial charge in [0, 0.05) is 6.20 Å². The van der Waals surface area contributed by atoms with Crippen LogP contribution in [0.2, 0.25) is 5.02 Å². The maximum absolute atomic E-state index is 6.34. The molecule has 0 bridgehead atoms. The molecular weight excluding hydrogens is 302 g/mol. The van der Waals surface area contributed by atoms with Crippen molar-refractivity contribution in [2.24, 2.45) is 0 Å². The normalized spacial score (nSPS) is 29.8. The number of fused-ring (bicyclic) bond motifs is 2. The largest absolute Gasteiger partial charge is 0.342 e. The topological polar surface area (TPSA) is 49.2 Å². The van der Waals surface area contributed by atoms with Crippen LogP contribution in [0.5, 0.6) is 0 Å². The Balaban J connectivity index is 1.83. The predicted octanol–water partition coefficient (Wildman–Crippen LogP) is 3.50. The van der Waals surface area contributed by atoms with Crippen LogP contribution in [-0.2, 0) is 9.47 Å². The Kier molecular flexibility index (Phi) is 3.08. The molecule has 0 spiro atoms. The molecule has 1 saturated heterocycles. The molecule has 4 rings (SSSR count). The average molecular weight is 320 g/mol. The van der Waals surface area contributed by atoms with E-state index in [-0.39, 0.29) is 18.2 Å². The van der Waals surface area contributed by atoms with Crippen molar-refractivity contribution < 1.29 is 9.47 Å². The van der Waals surface area contributed by atoms with Gasteiger partial charge in [0.1, 0.15) is 17.7 Å². The summed E-state index contributed by atoms with van der Waals surface area (Å²) in [5.41, 5.74) is 2.95. The number of ether oxygens (including phenoxy) is 2. The second-order valence-corrected chi connectivity index (χ2v) is 6.65. The number of hydrogen-bond donors (Lipinski definition) is 0. The SMILES string of the molecule is CCC1=C[C@@H](n2cnc3cncc(Cl)c32)[C@@H]2OC(C)(C)O[C@H]12. The Bertz CT molecular complexity index is 768. The molecule has 2 aromatic rings. The molecule has 5 nitrogen and oxygen atoms in total. The molecule has 3 heterocycles. The first-order valence-corrected chi connectivity index (χ1v) is 7.90. The van der Waals surface area contributed by atoms with Gasteiger partial charge in [-0.3, -0.25) is 4.98 Å². The molecule has 0 radical (unpaired) electrons. The van der Waals surface area contributed by atoms with E-state index in [2.05, 4.69) is 27.5 Å². The minimum absolute atomic E-state index is 0.00284. The van der Waals surface area contributed by atoms with Crippen LogP contribution in [0.3, 0.4) is 0 Å². The highest BCUT2D eigenvalue weighted by atomic mass is 35.5. The molecule has 1 fully saturated rings. The monoisotopic (exact) mass is 319 g/mol. The minimum atomic E-state index is -0.565. The molecule has 6 heteroatoms. The number of aromatic nitrogens is 3. The van der Waals surface area contributed by atoms with Gasteiger partial charge in [0.25, 0.3) is 0 Å². The summed E-state index contributed by atoms with van der Waals surface area (Å²) in [5.74, 6) is -0.565. The maximum atomic E-state index is 6.34. The molecule has 1 aliphatic carbocycles. The molecule has 1 aliphatic heterocycles. The second kappa shape index (κ2) is 4.78. The van der Waals surface area contributed by atoms with Crippen LogP contribution in [0, 0.1) is 0 Å². The number of pyridine rings is 1. The predicted molar refractivity (Wildman–Crippen MR) is 83.8 cm³/mol. The lowest BCUT2D eigenvalue weighted by Gasteiger charge is -2.22. The summed E-state index contributed by atoms with van der Waals surface area (Å²) in [5, 5.41) is 0.600. The van der Waals surface area contributed by atoms with Gasteiger partial charge in [-0.1, -0.05) is 24.6 Å². The summed E-state index contributed by atoms with van der Waals surface area (Å²) in [7, 11) is 0. The lowest BCUT2D eigenvalue weighted by molar-refractivity contribution is -0.147. The van der Waals surface area contributed by atoms with E-state index >= 15 is 0 Å². The smallest absolute Gasteiger partial charge is 0.164 e. The van der Waals surface area contributed by atoms with Gasteiger partial charge in [-0.15, -0.1) is 0 Å². The third kappa shape index (κ3) is 2.00. The van der Waals surface area contributed by atoms with Gasteiger partial charge in [0.15, 0.2) is 5.79 Å². The first kappa shape index (κ1) is 14.2. The van der Waals surface area contributed by atoms with E-state index < -0.39 is 5.79 Å². The highest BCUT2D eigenvalue weighted by Crippen LogP contribution is 2.45. The van der Waals surface area contributed by atoms with Crippen molar-refractivity contribution in [3.8, 4) is 0 Å². The van der Waals surface area contributed by atoms with Crippen LogP contribution in [-0.4, -0.2) is 32.5 Å². The van der Waals surface area contributed by atoms with E-state index in [9.17, 15) is 0 Å². The van der Waals surface area contributed by atoms with E-state index in [0.29, 0.717) is 5.02 Å². The van der Waals surface area contributed by atoms with E-state index in [1.807, 2.05) is 20.2 Å². The molecule has 3 atom stereocenters. The first-order chi connectivity index (χ1) is 10.5. The van der Waals surface area contributed by atoms with Crippen LogP contribution in [0.25, 0.3) is 11.0 Å². The Hall–Kier alpha value is -1.43.